The average molecular weight is 273 g/mol. The fourth-order valence-corrected chi connectivity index (χ4v) is 4.27. The molecule has 5 heteroatoms. The Hall–Kier alpha value is -1.49. The summed E-state index contributed by atoms with van der Waals surface area (Å²) >= 11 is 1.38. The van der Waals surface area contributed by atoms with Crippen LogP contribution in [0, 0.1) is 11.8 Å². The third-order valence-corrected chi connectivity index (χ3v) is 5.35. The molecular formula is C14H15N3OS. The molecule has 1 saturated carbocycles. The fraction of sp³-hybridized carbons (Fsp3) is 0.500. The molecule has 0 bridgehead atoms. The quantitative estimate of drug-likeness (QED) is 0.789. The molecule has 98 valence electrons. The van der Waals surface area contributed by atoms with Gasteiger partial charge in [-0.2, -0.15) is 4.37 Å². The van der Waals surface area contributed by atoms with Gasteiger partial charge in [0, 0.05) is 30.7 Å². The summed E-state index contributed by atoms with van der Waals surface area (Å²) in [5.41, 5.74) is 0.511. The number of nitrogens with zero attached hydrogens (tertiary/aromatic N) is 3. The van der Waals surface area contributed by atoms with E-state index in [1.54, 1.807) is 6.20 Å². The Balaban J connectivity index is 1.67. The minimum Gasteiger partial charge on any atom is -0.356 e. The molecule has 0 unspecified atom stereocenters. The molecule has 19 heavy (non-hydrogen) atoms. The van der Waals surface area contributed by atoms with Crippen molar-refractivity contribution in [1.29, 1.82) is 0 Å². The van der Waals surface area contributed by atoms with Gasteiger partial charge in [0.2, 0.25) is 0 Å². The predicted molar refractivity (Wildman–Crippen MR) is 75.8 cm³/mol. The molecule has 2 atom stereocenters. The summed E-state index contributed by atoms with van der Waals surface area (Å²) in [6.07, 6.45) is 6.75. The van der Waals surface area contributed by atoms with Gasteiger partial charge in [0.05, 0.1) is 4.70 Å². The van der Waals surface area contributed by atoms with Gasteiger partial charge in [-0.25, -0.2) is 4.98 Å². The van der Waals surface area contributed by atoms with E-state index in [-0.39, 0.29) is 0 Å². The second-order valence-corrected chi connectivity index (χ2v) is 6.39. The molecule has 1 aliphatic heterocycles. The van der Waals surface area contributed by atoms with Crippen molar-refractivity contribution in [3.05, 3.63) is 18.0 Å². The highest BCUT2D eigenvalue weighted by molar-refractivity contribution is 7.13. The number of anilines is 1. The number of hydrogen-bond donors (Lipinski definition) is 0. The molecule has 0 radical (unpaired) electrons. The van der Waals surface area contributed by atoms with E-state index in [2.05, 4.69) is 20.3 Å². The predicted octanol–water partition coefficient (Wildman–Crippen LogP) is 2.74. The molecule has 4 nitrogen and oxygen atoms in total. The SMILES string of the molecule is O=Cc1nsc2cc(N3C[C@H]4CCC[C@H]4C3)ncc12. The summed E-state index contributed by atoms with van der Waals surface area (Å²) in [6, 6.07) is 2.08. The maximum atomic E-state index is 10.9. The summed E-state index contributed by atoms with van der Waals surface area (Å²) < 4.78 is 5.21. The van der Waals surface area contributed by atoms with Crippen molar-refractivity contribution in [2.75, 3.05) is 18.0 Å². The lowest BCUT2D eigenvalue weighted by atomic mass is 10.0. The van der Waals surface area contributed by atoms with Gasteiger partial charge in [-0.3, -0.25) is 4.79 Å². The summed E-state index contributed by atoms with van der Waals surface area (Å²) in [5, 5.41) is 0.878. The number of carbonyl (C=O) groups is 1. The Morgan fingerprint density at radius 3 is 2.84 bits per heavy atom. The van der Waals surface area contributed by atoms with Crippen molar-refractivity contribution in [2.24, 2.45) is 11.8 Å². The number of aldehydes is 1. The molecule has 2 aliphatic rings. The maximum Gasteiger partial charge on any atom is 0.170 e. The summed E-state index contributed by atoms with van der Waals surface area (Å²) in [7, 11) is 0. The van der Waals surface area contributed by atoms with Crippen LogP contribution in [0.3, 0.4) is 0 Å². The minimum atomic E-state index is 0.511. The van der Waals surface area contributed by atoms with Gasteiger partial charge in [0.15, 0.2) is 6.29 Å². The number of carbonyl (C=O) groups excluding carboxylic acids is 1. The molecule has 2 aromatic rings. The van der Waals surface area contributed by atoms with Gasteiger partial charge in [0.1, 0.15) is 11.5 Å². The lowest BCUT2D eigenvalue weighted by Crippen LogP contribution is -2.21. The zero-order valence-electron chi connectivity index (χ0n) is 10.6. The van der Waals surface area contributed by atoms with Crippen LogP contribution in [0.1, 0.15) is 29.8 Å². The first-order valence-electron chi connectivity index (χ1n) is 6.80. The minimum absolute atomic E-state index is 0.511. The van der Waals surface area contributed by atoms with Crippen molar-refractivity contribution in [2.45, 2.75) is 19.3 Å². The van der Waals surface area contributed by atoms with Crippen LogP contribution in [0.15, 0.2) is 12.3 Å². The number of fused-ring (bicyclic) bond motifs is 2. The first-order valence-corrected chi connectivity index (χ1v) is 7.58. The highest BCUT2D eigenvalue weighted by atomic mass is 32.1. The molecule has 0 amide bonds. The van der Waals surface area contributed by atoms with Crippen LogP contribution < -0.4 is 4.90 Å². The molecule has 1 saturated heterocycles. The Morgan fingerprint density at radius 1 is 1.32 bits per heavy atom. The van der Waals surface area contributed by atoms with Gasteiger partial charge in [-0.15, -0.1) is 0 Å². The van der Waals surface area contributed by atoms with Crippen LogP contribution in [0.5, 0.6) is 0 Å². The normalized spacial score (nSPS) is 26.0. The molecule has 0 spiro atoms. The molecule has 2 aromatic heterocycles. The van der Waals surface area contributed by atoms with Crippen molar-refractivity contribution < 1.29 is 4.79 Å². The van der Waals surface area contributed by atoms with Crippen LogP contribution in [-0.4, -0.2) is 28.7 Å². The average Bonchev–Trinajstić information content (AvgIpc) is 3.11. The Kier molecular flexibility index (Phi) is 2.55. The summed E-state index contributed by atoms with van der Waals surface area (Å²) in [6.45, 7) is 2.28. The first kappa shape index (κ1) is 11.3. The van der Waals surface area contributed by atoms with E-state index in [0.29, 0.717) is 5.69 Å². The highest BCUT2D eigenvalue weighted by Crippen LogP contribution is 2.39. The fourth-order valence-electron chi connectivity index (χ4n) is 3.52. The van der Waals surface area contributed by atoms with Crippen LogP contribution in [0.4, 0.5) is 5.82 Å². The van der Waals surface area contributed by atoms with Crippen LogP contribution in [0.25, 0.3) is 10.1 Å². The van der Waals surface area contributed by atoms with Crippen LogP contribution in [-0.2, 0) is 0 Å². The molecule has 3 heterocycles. The van der Waals surface area contributed by atoms with Gasteiger partial charge in [-0.1, -0.05) is 6.42 Å². The van der Waals surface area contributed by atoms with Crippen LogP contribution >= 0.6 is 11.5 Å². The molecule has 0 N–H and O–H groups in total. The highest BCUT2D eigenvalue weighted by Gasteiger charge is 2.36. The lowest BCUT2D eigenvalue weighted by molar-refractivity contribution is 0.112. The van der Waals surface area contributed by atoms with Gasteiger partial charge in [-0.05, 0) is 36.2 Å². The Morgan fingerprint density at radius 2 is 2.11 bits per heavy atom. The van der Waals surface area contributed by atoms with Crippen molar-refractivity contribution in [3.8, 4) is 0 Å². The maximum absolute atomic E-state index is 10.9. The van der Waals surface area contributed by atoms with E-state index in [1.165, 1.54) is 30.8 Å². The van der Waals surface area contributed by atoms with E-state index in [9.17, 15) is 4.79 Å². The zero-order valence-corrected chi connectivity index (χ0v) is 11.4. The van der Waals surface area contributed by atoms with Crippen molar-refractivity contribution >= 4 is 33.7 Å². The van der Waals surface area contributed by atoms with E-state index in [4.69, 9.17) is 0 Å². The van der Waals surface area contributed by atoms with Crippen LogP contribution in [0.2, 0.25) is 0 Å². The van der Waals surface area contributed by atoms with E-state index in [0.717, 1.165) is 47.1 Å². The molecule has 1 aliphatic carbocycles. The van der Waals surface area contributed by atoms with E-state index >= 15 is 0 Å². The molecule has 4 rings (SSSR count). The van der Waals surface area contributed by atoms with Gasteiger partial charge < -0.3 is 4.90 Å². The zero-order chi connectivity index (χ0) is 12.8. The molecule has 2 fully saturated rings. The summed E-state index contributed by atoms with van der Waals surface area (Å²) in [5.74, 6) is 2.77. The second-order valence-electron chi connectivity index (χ2n) is 5.58. The Bertz CT molecular complexity index is 627. The smallest absolute Gasteiger partial charge is 0.170 e. The van der Waals surface area contributed by atoms with Crippen molar-refractivity contribution in [3.63, 3.8) is 0 Å². The molecular weight excluding hydrogens is 258 g/mol. The summed E-state index contributed by atoms with van der Waals surface area (Å²) in [4.78, 5) is 17.8. The number of pyridine rings is 1. The number of aromatic nitrogens is 2. The van der Waals surface area contributed by atoms with E-state index in [1.807, 2.05) is 0 Å². The first-order chi connectivity index (χ1) is 9.35. The van der Waals surface area contributed by atoms with Crippen molar-refractivity contribution in [1.82, 2.24) is 9.36 Å². The largest absolute Gasteiger partial charge is 0.356 e. The Labute approximate surface area is 115 Å². The lowest BCUT2D eigenvalue weighted by Gasteiger charge is -2.18. The van der Waals surface area contributed by atoms with E-state index < -0.39 is 0 Å². The second kappa shape index (κ2) is 4.27. The third-order valence-electron chi connectivity index (χ3n) is 4.53. The third kappa shape index (κ3) is 1.75. The van der Waals surface area contributed by atoms with Gasteiger partial charge in [0.25, 0.3) is 0 Å². The monoisotopic (exact) mass is 273 g/mol. The standard InChI is InChI=1S/C14H15N3OS/c18-8-12-11-5-15-14(4-13(11)19-16-12)17-6-9-2-1-3-10(9)7-17/h4-5,8-10H,1-3,6-7H2/t9-,10+. The number of rotatable bonds is 2. The van der Waals surface area contributed by atoms with Gasteiger partial charge >= 0.3 is 0 Å². The molecule has 0 aromatic carbocycles. The number of hydrogen-bond acceptors (Lipinski definition) is 5. The topological polar surface area (TPSA) is 46.1 Å².